The van der Waals surface area contributed by atoms with Gasteiger partial charge in [0.1, 0.15) is 17.2 Å². The zero-order valence-corrected chi connectivity index (χ0v) is 16.4. The second-order valence-electron chi connectivity index (χ2n) is 6.76. The number of para-hydroxylation sites is 1. The Morgan fingerprint density at radius 2 is 1.65 bits per heavy atom. The summed E-state index contributed by atoms with van der Waals surface area (Å²) in [7, 11) is 0. The van der Waals surface area contributed by atoms with Crippen molar-refractivity contribution in [2.75, 3.05) is 0 Å². The molecule has 1 atom stereocenters. The van der Waals surface area contributed by atoms with Crippen molar-refractivity contribution in [3.05, 3.63) is 82.9 Å². The highest BCUT2D eigenvalue weighted by Gasteiger charge is 2.48. The molecule has 1 unspecified atom stereocenters. The van der Waals surface area contributed by atoms with Crippen molar-refractivity contribution in [2.45, 2.75) is 12.3 Å². The first-order chi connectivity index (χ1) is 14.7. The van der Waals surface area contributed by atoms with Crippen LogP contribution in [0.3, 0.4) is 0 Å². The van der Waals surface area contributed by atoms with E-state index >= 15 is 0 Å². The summed E-state index contributed by atoms with van der Waals surface area (Å²) in [5.41, 5.74) is 0.0980. The molecule has 31 heavy (non-hydrogen) atoms. The smallest absolute Gasteiger partial charge is 0.430 e. The van der Waals surface area contributed by atoms with Crippen LogP contribution in [0.15, 0.2) is 72.3 Å². The molecule has 0 amide bonds. The van der Waals surface area contributed by atoms with Crippen LogP contribution in [-0.2, 0) is 4.79 Å². The summed E-state index contributed by atoms with van der Waals surface area (Å²) >= 11 is 6.14. The molecule has 0 bridgehead atoms. The lowest BCUT2D eigenvalue weighted by Crippen LogP contribution is -2.40. The Balaban J connectivity index is 1.73. The average molecular weight is 447 g/mol. The zero-order chi connectivity index (χ0) is 22.2. The van der Waals surface area contributed by atoms with E-state index in [-0.39, 0.29) is 16.3 Å². The van der Waals surface area contributed by atoms with Crippen LogP contribution in [0, 0.1) is 0 Å². The van der Waals surface area contributed by atoms with Crippen LogP contribution < -0.4 is 9.47 Å². The molecule has 0 saturated carbocycles. The highest BCUT2D eigenvalue weighted by molar-refractivity contribution is 6.31. The number of benzene rings is 3. The number of fused-ring (bicyclic) bond motifs is 1. The van der Waals surface area contributed by atoms with Crippen LogP contribution in [-0.4, -0.2) is 23.4 Å². The van der Waals surface area contributed by atoms with Crippen molar-refractivity contribution in [3.63, 3.8) is 0 Å². The number of hydrogen-bond acceptors (Lipinski definition) is 3. The summed E-state index contributed by atoms with van der Waals surface area (Å²) in [5, 5.41) is 9.44. The van der Waals surface area contributed by atoms with Gasteiger partial charge in [-0.05, 0) is 48.0 Å². The van der Waals surface area contributed by atoms with Gasteiger partial charge in [0, 0.05) is 16.1 Å². The third kappa shape index (κ3) is 4.36. The number of carbonyl (C=O) groups is 1. The van der Waals surface area contributed by atoms with Crippen molar-refractivity contribution in [1.29, 1.82) is 0 Å². The molecule has 1 aliphatic heterocycles. The van der Waals surface area contributed by atoms with Crippen LogP contribution in [0.1, 0.15) is 5.56 Å². The van der Waals surface area contributed by atoms with Gasteiger partial charge >= 0.3 is 12.1 Å². The fourth-order valence-electron chi connectivity index (χ4n) is 3.24. The Kier molecular flexibility index (Phi) is 5.37. The average Bonchev–Trinajstić information content (AvgIpc) is 2.73. The summed E-state index contributed by atoms with van der Waals surface area (Å²) in [6.45, 7) is 0. The summed E-state index contributed by atoms with van der Waals surface area (Å²) in [6.07, 6.45) is -6.54. The number of rotatable bonds is 4. The quantitative estimate of drug-likeness (QED) is 0.491. The number of hydrogen-bond donors (Lipinski definition) is 1. The van der Waals surface area contributed by atoms with Gasteiger partial charge in [-0.1, -0.05) is 41.9 Å². The minimum absolute atomic E-state index is 0.0894. The molecule has 3 aromatic carbocycles. The molecular weight excluding hydrogens is 433 g/mol. The maximum atomic E-state index is 13.4. The Morgan fingerprint density at radius 1 is 1.00 bits per heavy atom. The third-order valence-corrected chi connectivity index (χ3v) is 4.82. The highest BCUT2D eigenvalue weighted by atomic mass is 35.5. The first-order valence-electron chi connectivity index (χ1n) is 9.07. The zero-order valence-electron chi connectivity index (χ0n) is 15.7. The minimum Gasteiger partial charge on any atom is -0.478 e. The van der Waals surface area contributed by atoms with Crippen LogP contribution in [0.5, 0.6) is 17.2 Å². The Labute approximate surface area is 180 Å². The van der Waals surface area contributed by atoms with Crippen LogP contribution in [0.4, 0.5) is 13.2 Å². The predicted octanol–water partition coefficient (Wildman–Crippen LogP) is 6.59. The van der Waals surface area contributed by atoms with E-state index in [0.29, 0.717) is 22.6 Å². The van der Waals surface area contributed by atoms with Gasteiger partial charge in [0.05, 0.1) is 5.57 Å². The maximum Gasteiger partial charge on any atom is 0.430 e. The van der Waals surface area contributed by atoms with E-state index in [4.69, 9.17) is 21.1 Å². The number of alkyl halides is 3. The predicted molar refractivity (Wildman–Crippen MR) is 109 cm³/mol. The second kappa shape index (κ2) is 8.00. The van der Waals surface area contributed by atoms with Gasteiger partial charge in [-0.2, -0.15) is 13.2 Å². The molecule has 0 radical (unpaired) electrons. The SMILES string of the molecule is O=C(O)C1=Cc2cc(Cl)cc(-c3ccc(Oc4ccccc4)cc3)c2OC1C(F)(F)F. The van der Waals surface area contributed by atoms with Crippen molar-refractivity contribution in [1.82, 2.24) is 0 Å². The van der Waals surface area contributed by atoms with Gasteiger partial charge in [-0.3, -0.25) is 0 Å². The summed E-state index contributed by atoms with van der Waals surface area (Å²) in [4.78, 5) is 11.4. The molecule has 0 saturated heterocycles. The second-order valence-corrected chi connectivity index (χ2v) is 7.19. The van der Waals surface area contributed by atoms with E-state index in [1.807, 2.05) is 18.2 Å². The van der Waals surface area contributed by atoms with Crippen molar-refractivity contribution in [3.8, 4) is 28.4 Å². The van der Waals surface area contributed by atoms with E-state index in [0.717, 1.165) is 6.08 Å². The molecule has 4 rings (SSSR count). The molecule has 1 aliphatic rings. The minimum atomic E-state index is -4.90. The Morgan fingerprint density at radius 3 is 2.26 bits per heavy atom. The molecule has 3 aromatic rings. The molecule has 0 spiro atoms. The fraction of sp³-hybridized carbons (Fsp3) is 0.0870. The maximum absolute atomic E-state index is 13.4. The molecule has 158 valence electrons. The number of halogens is 4. The largest absolute Gasteiger partial charge is 0.478 e. The van der Waals surface area contributed by atoms with E-state index in [1.54, 1.807) is 36.4 Å². The lowest BCUT2D eigenvalue weighted by atomic mass is 9.95. The summed E-state index contributed by atoms with van der Waals surface area (Å²) < 4.78 is 51.2. The Bertz CT molecular complexity index is 1160. The third-order valence-electron chi connectivity index (χ3n) is 4.60. The Hall–Kier alpha value is -3.45. The molecular formula is C23H14ClF3O4. The normalized spacial score (nSPS) is 15.5. The molecule has 4 nitrogen and oxygen atoms in total. The first-order valence-corrected chi connectivity index (χ1v) is 9.45. The first kappa shape index (κ1) is 20.8. The topological polar surface area (TPSA) is 55.8 Å². The van der Waals surface area contributed by atoms with E-state index in [1.165, 1.54) is 12.1 Å². The van der Waals surface area contributed by atoms with Gasteiger partial charge < -0.3 is 14.6 Å². The van der Waals surface area contributed by atoms with Crippen LogP contribution >= 0.6 is 11.6 Å². The molecule has 1 heterocycles. The number of aliphatic carboxylic acids is 1. The molecule has 1 N–H and O–H groups in total. The van der Waals surface area contributed by atoms with Crippen molar-refractivity contribution >= 4 is 23.6 Å². The molecule has 0 fully saturated rings. The van der Waals surface area contributed by atoms with Gasteiger partial charge in [0.25, 0.3) is 0 Å². The highest BCUT2D eigenvalue weighted by Crippen LogP contribution is 2.44. The van der Waals surface area contributed by atoms with Gasteiger partial charge in [0.2, 0.25) is 6.10 Å². The summed E-state index contributed by atoms with van der Waals surface area (Å²) in [5.74, 6) is -0.628. The molecule has 0 aliphatic carbocycles. The van der Waals surface area contributed by atoms with Crippen LogP contribution in [0.2, 0.25) is 5.02 Å². The number of carboxylic acid groups (broad SMARTS) is 1. The lowest BCUT2D eigenvalue weighted by molar-refractivity contribution is -0.187. The summed E-state index contributed by atoms with van der Waals surface area (Å²) in [6, 6.07) is 18.6. The van der Waals surface area contributed by atoms with Crippen LogP contribution in [0.25, 0.3) is 17.2 Å². The van der Waals surface area contributed by atoms with Gasteiger partial charge in [-0.15, -0.1) is 0 Å². The van der Waals surface area contributed by atoms with Gasteiger partial charge in [-0.25, -0.2) is 4.79 Å². The van der Waals surface area contributed by atoms with Gasteiger partial charge in [0.15, 0.2) is 0 Å². The van der Waals surface area contributed by atoms with Crippen molar-refractivity contribution in [2.24, 2.45) is 0 Å². The lowest BCUT2D eigenvalue weighted by Gasteiger charge is -2.28. The fourth-order valence-corrected chi connectivity index (χ4v) is 3.46. The monoisotopic (exact) mass is 446 g/mol. The van der Waals surface area contributed by atoms with E-state index in [2.05, 4.69) is 0 Å². The molecule has 8 heteroatoms. The number of ether oxygens (including phenoxy) is 2. The number of carboxylic acids is 1. The van der Waals surface area contributed by atoms with E-state index < -0.39 is 23.8 Å². The van der Waals surface area contributed by atoms with Crippen molar-refractivity contribution < 1.29 is 32.5 Å². The van der Waals surface area contributed by atoms with E-state index in [9.17, 15) is 23.1 Å². The standard InChI is InChI=1S/C23H14ClF3O4/c24-15-10-14-11-19(22(28)29)21(23(25,26)27)31-20(14)18(12-15)13-6-8-17(9-7-13)30-16-4-2-1-3-5-16/h1-12,21H,(H,28,29). The molecule has 0 aromatic heterocycles.